The monoisotopic (exact) mass is 291 g/mol. The average Bonchev–Trinajstić information content (AvgIpc) is 2.28. The molecular formula is C13H16ClF2NO2. The largest absolute Gasteiger partial charge is 0.435 e. The van der Waals surface area contributed by atoms with E-state index in [2.05, 4.69) is 10.1 Å². The van der Waals surface area contributed by atoms with Gasteiger partial charge in [-0.3, -0.25) is 4.79 Å². The van der Waals surface area contributed by atoms with Crippen molar-refractivity contribution in [3.05, 3.63) is 29.8 Å². The van der Waals surface area contributed by atoms with Crippen molar-refractivity contribution in [3.8, 4) is 5.75 Å². The van der Waals surface area contributed by atoms with Gasteiger partial charge in [-0.05, 0) is 44.5 Å². The molecule has 1 N–H and O–H groups in total. The molecule has 0 aromatic heterocycles. The molecule has 0 aliphatic rings. The summed E-state index contributed by atoms with van der Waals surface area (Å²) in [7, 11) is 0. The third kappa shape index (κ3) is 5.42. The van der Waals surface area contributed by atoms with Crippen LogP contribution >= 0.6 is 11.6 Å². The summed E-state index contributed by atoms with van der Waals surface area (Å²) in [6.45, 7) is 0.852. The zero-order valence-electron chi connectivity index (χ0n) is 10.8. The van der Waals surface area contributed by atoms with Crippen molar-refractivity contribution in [3.63, 3.8) is 0 Å². The maximum atomic E-state index is 12.0. The summed E-state index contributed by atoms with van der Waals surface area (Å²) in [5.41, 5.74) is -0.0407. The smallest absolute Gasteiger partial charge is 0.387 e. The van der Waals surface area contributed by atoms with Gasteiger partial charge >= 0.3 is 6.61 Å². The number of alkyl halides is 3. The minimum absolute atomic E-state index is 0.0200. The quantitative estimate of drug-likeness (QED) is 0.816. The Kier molecular flexibility index (Phi) is 5.54. The van der Waals surface area contributed by atoms with Crippen molar-refractivity contribution in [2.45, 2.75) is 32.4 Å². The molecule has 1 aromatic rings. The van der Waals surface area contributed by atoms with E-state index in [1.165, 1.54) is 24.3 Å². The number of amides is 1. The summed E-state index contributed by atoms with van der Waals surface area (Å²) in [6, 6.07) is 5.53. The number of nitrogens with one attached hydrogen (secondary N) is 1. The van der Waals surface area contributed by atoms with Crippen molar-refractivity contribution in [2.24, 2.45) is 0 Å². The molecule has 1 aromatic carbocycles. The van der Waals surface area contributed by atoms with Crippen LogP contribution in [0.2, 0.25) is 0 Å². The van der Waals surface area contributed by atoms with Gasteiger partial charge in [-0.15, -0.1) is 11.6 Å². The second-order valence-corrected chi connectivity index (χ2v) is 5.06. The zero-order chi connectivity index (χ0) is 14.5. The van der Waals surface area contributed by atoms with Crippen LogP contribution in [-0.2, 0) is 0 Å². The van der Waals surface area contributed by atoms with Crippen LogP contribution in [-0.4, -0.2) is 23.9 Å². The van der Waals surface area contributed by atoms with Crippen molar-refractivity contribution < 1.29 is 18.3 Å². The lowest BCUT2D eigenvalue weighted by Gasteiger charge is -2.25. The number of benzene rings is 1. The van der Waals surface area contributed by atoms with Crippen LogP contribution in [0.3, 0.4) is 0 Å². The van der Waals surface area contributed by atoms with Gasteiger partial charge in [0.1, 0.15) is 5.75 Å². The molecule has 0 saturated carbocycles. The molecule has 0 saturated heterocycles. The fourth-order valence-corrected chi connectivity index (χ4v) is 1.94. The van der Waals surface area contributed by atoms with Crippen LogP contribution in [0.4, 0.5) is 8.78 Å². The molecule has 1 rings (SSSR count). The summed E-state index contributed by atoms with van der Waals surface area (Å²) in [5, 5.41) is 2.82. The molecule has 6 heteroatoms. The highest BCUT2D eigenvalue weighted by atomic mass is 35.5. The Hall–Kier alpha value is -1.36. The van der Waals surface area contributed by atoms with Crippen molar-refractivity contribution in [1.29, 1.82) is 0 Å². The van der Waals surface area contributed by atoms with Crippen LogP contribution < -0.4 is 10.1 Å². The number of rotatable bonds is 6. The average molecular weight is 292 g/mol. The summed E-state index contributed by atoms with van der Waals surface area (Å²) in [5.74, 6) is 0.180. The standard InChI is InChI=1S/C13H16ClF2NO2/c1-13(2,7-8-14)17-11(18)9-3-5-10(6-4-9)19-12(15)16/h3-6,12H,7-8H2,1-2H3,(H,17,18). The lowest BCUT2D eigenvalue weighted by molar-refractivity contribution is -0.0498. The molecule has 19 heavy (non-hydrogen) atoms. The summed E-state index contributed by atoms with van der Waals surface area (Å²) in [4.78, 5) is 11.9. The van der Waals surface area contributed by atoms with E-state index in [-0.39, 0.29) is 11.7 Å². The molecule has 106 valence electrons. The number of ether oxygens (including phenoxy) is 1. The van der Waals surface area contributed by atoms with Gasteiger partial charge in [-0.2, -0.15) is 8.78 Å². The number of halogens is 3. The van der Waals surface area contributed by atoms with E-state index in [4.69, 9.17) is 11.6 Å². The lowest BCUT2D eigenvalue weighted by Crippen LogP contribution is -2.43. The third-order valence-electron chi connectivity index (χ3n) is 2.51. The van der Waals surface area contributed by atoms with Crippen LogP contribution in [0.15, 0.2) is 24.3 Å². The Morgan fingerprint density at radius 2 is 1.95 bits per heavy atom. The maximum absolute atomic E-state index is 12.0. The number of hydrogen-bond acceptors (Lipinski definition) is 2. The van der Waals surface area contributed by atoms with Crippen LogP contribution in [0.25, 0.3) is 0 Å². The first-order valence-electron chi connectivity index (χ1n) is 5.77. The van der Waals surface area contributed by atoms with Gasteiger partial charge in [0.25, 0.3) is 5.91 Å². The topological polar surface area (TPSA) is 38.3 Å². The van der Waals surface area contributed by atoms with Gasteiger partial charge in [-0.25, -0.2) is 0 Å². The highest BCUT2D eigenvalue weighted by molar-refractivity contribution is 6.17. The highest BCUT2D eigenvalue weighted by Crippen LogP contribution is 2.16. The van der Waals surface area contributed by atoms with E-state index in [1.807, 2.05) is 13.8 Å². The lowest BCUT2D eigenvalue weighted by atomic mass is 10.0. The molecule has 3 nitrogen and oxygen atoms in total. The predicted molar refractivity (Wildman–Crippen MR) is 70.0 cm³/mol. The molecule has 0 atom stereocenters. The van der Waals surface area contributed by atoms with E-state index in [1.54, 1.807) is 0 Å². The van der Waals surface area contributed by atoms with Gasteiger partial charge in [0.15, 0.2) is 0 Å². The molecule has 0 bridgehead atoms. The minimum Gasteiger partial charge on any atom is -0.435 e. The number of hydrogen-bond donors (Lipinski definition) is 1. The molecule has 0 radical (unpaired) electrons. The Labute approximate surface area is 115 Å². The summed E-state index contributed by atoms with van der Waals surface area (Å²) in [6.07, 6.45) is 0.632. The molecule has 0 unspecified atom stereocenters. The fourth-order valence-electron chi connectivity index (χ4n) is 1.47. The second-order valence-electron chi connectivity index (χ2n) is 4.68. The van der Waals surface area contributed by atoms with Gasteiger partial charge in [0.05, 0.1) is 0 Å². The zero-order valence-corrected chi connectivity index (χ0v) is 11.5. The van der Waals surface area contributed by atoms with Crippen molar-refractivity contribution in [1.82, 2.24) is 5.32 Å². The molecule has 0 aliphatic carbocycles. The first-order chi connectivity index (χ1) is 8.84. The normalized spacial score (nSPS) is 11.5. The van der Waals surface area contributed by atoms with E-state index in [9.17, 15) is 13.6 Å². The molecule has 0 heterocycles. The Morgan fingerprint density at radius 3 is 2.42 bits per heavy atom. The summed E-state index contributed by atoms with van der Waals surface area (Å²) < 4.78 is 28.2. The van der Waals surface area contributed by atoms with E-state index < -0.39 is 12.2 Å². The Bertz CT molecular complexity index is 421. The minimum atomic E-state index is -2.87. The first-order valence-corrected chi connectivity index (χ1v) is 6.31. The third-order valence-corrected chi connectivity index (χ3v) is 2.70. The van der Waals surface area contributed by atoms with Gasteiger partial charge < -0.3 is 10.1 Å². The van der Waals surface area contributed by atoms with E-state index >= 15 is 0 Å². The highest BCUT2D eigenvalue weighted by Gasteiger charge is 2.20. The second kappa shape index (κ2) is 6.70. The van der Waals surface area contributed by atoms with Gasteiger partial charge in [0, 0.05) is 17.0 Å². The van der Waals surface area contributed by atoms with E-state index in [0.29, 0.717) is 17.9 Å². The summed E-state index contributed by atoms with van der Waals surface area (Å²) >= 11 is 5.65. The SMILES string of the molecule is CC(C)(CCCl)NC(=O)c1ccc(OC(F)F)cc1. The van der Waals surface area contributed by atoms with Crippen molar-refractivity contribution in [2.75, 3.05) is 5.88 Å². The number of carbonyl (C=O) groups is 1. The Balaban J connectivity index is 2.68. The molecule has 0 spiro atoms. The molecular weight excluding hydrogens is 276 g/mol. The predicted octanol–water partition coefficient (Wildman–Crippen LogP) is 3.43. The number of carbonyl (C=O) groups excluding carboxylic acids is 1. The molecule has 0 aliphatic heterocycles. The fraction of sp³-hybridized carbons (Fsp3) is 0.462. The Morgan fingerprint density at radius 1 is 1.37 bits per heavy atom. The van der Waals surface area contributed by atoms with Gasteiger partial charge in [-0.1, -0.05) is 0 Å². The van der Waals surface area contributed by atoms with Crippen LogP contribution in [0, 0.1) is 0 Å². The molecule has 1 amide bonds. The first kappa shape index (κ1) is 15.7. The van der Waals surface area contributed by atoms with Crippen molar-refractivity contribution >= 4 is 17.5 Å². The molecule has 0 fully saturated rings. The van der Waals surface area contributed by atoms with Crippen LogP contribution in [0.1, 0.15) is 30.6 Å². The van der Waals surface area contributed by atoms with Gasteiger partial charge in [0.2, 0.25) is 0 Å². The maximum Gasteiger partial charge on any atom is 0.387 e. The van der Waals surface area contributed by atoms with E-state index in [0.717, 1.165) is 0 Å². The van der Waals surface area contributed by atoms with Crippen LogP contribution in [0.5, 0.6) is 5.75 Å².